The lowest BCUT2D eigenvalue weighted by atomic mass is 9.99. The van der Waals surface area contributed by atoms with Crippen molar-refractivity contribution in [3.05, 3.63) is 114 Å². The smallest absolute Gasteiger partial charge is 0.125 e. The fourth-order valence-corrected chi connectivity index (χ4v) is 4.48. The van der Waals surface area contributed by atoms with Crippen LogP contribution in [0.5, 0.6) is 5.75 Å². The highest BCUT2D eigenvalue weighted by atomic mass is 16.3. The number of benzene rings is 4. The fourth-order valence-electron chi connectivity index (χ4n) is 4.48. The van der Waals surface area contributed by atoms with E-state index in [0.29, 0.717) is 0 Å². The average Bonchev–Trinajstić information content (AvgIpc) is 3.29. The van der Waals surface area contributed by atoms with E-state index in [4.69, 9.17) is 9.98 Å². The minimum atomic E-state index is 0.232. The lowest BCUT2D eigenvalue weighted by Gasteiger charge is -2.11. The van der Waals surface area contributed by atoms with E-state index >= 15 is 0 Å². The number of hydrogen-bond donors (Lipinski definition) is 1. The van der Waals surface area contributed by atoms with Crippen LogP contribution in [0.2, 0.25) is 0 Å². The van der Waals surface area contributed by atoms with Gasteiger partial charge in [0.15, 0.2) is 0 Å². The highest BCUT2D eigenvalue weighted by molar-refractivity contribution is 6.08. The van der Waals surface area contributed by atoms with Crippen molar-refractivity contribution in [2.24, 2.45) is 4.99 Å². The van der Waals surface area contributed by atoms with Crippen LogP contribution in [0.15, 0.2) is 108 Å². The SMILES string of the molecule is Oc1ccc2ccccc2c1-c1cccc(-c2cccc3c2N=C(c2ccccc2)C3)n1. The van der Waals surface area contributed by atoms with E-state index < -0.39 is 0 Å². The molecule has 32 heavy (non-hydrogen) atoms. The van der Waals surface area contributed by atoms with Gasteiger partial charge in [-0.15, -0.1) is 0 Å². The van der Waals surface area contributed by atoms with Gasteiger partial charge in [0.05, 0.1) is 22.8 Å². The van der Waals surface area contributed by atoms with Gasteiger partial charge < -0.3 is 5.11 Å². The summed E-state index contributed by atoms with van der Waals surface area (Å²) in [7, 11) is 0. The van der Waals surface area contributed by atoms with Crippen molar-refractivity contribution in [1.82, 2.24) is 4.98 Å². The van der Waals surface area contributed by atoms with E-state index in [0.717, 1.165) is 56.7 Å². The third-order valence-corrected chi connectivity index (χ3v) is 6.02. The van der Waals surface area contributed by atoms with Crippen molar-refractivity contribution in [2.45, 2.75) is 6.42 Å². The van der Waals surface area contributed by atoms with E-state index in [1.165, 1.54) is 5.56 Å². The number of hydrogen-bond acceptors (Lipinski definition) is 3. The van der Waals surface area contributed by atoms with Crippen LogP contribution in [-0.4, -0.2) is 15.8 Å². The number of phenols is 1. The van der Waals surface area contributed by atoms with Crippen LogP contribution in [0.4, 0.5) is 5.69 Å². The molecule has 1 aromatic heterocycles. The molecule has 6 rings (SSSR count). The number of aromatic hydroxyl groups is 1. The number of fused-ring (bicyclic) bond motifs is 2. The number of rotatable bonds is 3. The number of para-hydroxylation sites is 1. The van der Waals surface area contributed by atoms with Crippen LogP contribution in [0.3, 0.4) is 0 Å². The van der Waals surface area contributed by atoms with Crippen LogP contribution in [0.25, 0.3) is 33.3 Å². The van der Waals surface area contributed by atoms with E-state index in [9.17, 15) is 5.11 Å². The normalized spacial score (nSPS) is 12.6. The van der Waals surface area contributed by atoms with Gasteiger partial charge in [-0.25, -0.2) is 4.98 Å². The summed E-state index contributed by atoms with van der Waals surface area (Å²) in [6.07, 6.45) is 0.816. The Kier molecular flexibility index (Phi) is 4.32. The van der Waals surface area contributed by atoms with Crippen LogP contribution in [0, 0.1) is 0 Å². The highest BCUT2D eigenvalue weighted by Crippen LogP contribution is 2.40. The Morgan fingerprint density at radius 2 is 1.44 bits per heavy atom. The quantitative estimate of drug-likeness (QED) is 0.348. The van der Waals surface area contributed by atoms with Gasteiger partial charge in [0, 0.05) is 17.5 Å². The number of pyridine rings is 1. The van der Waals surface area contributed by atoms with Gasteiger partial charge in [-0.2, -0.15) is 0 Å². The number of nitrogens with zero attached hydrogens (tertiary/aromatic N) is 2. The molecule has 1 aliphatic heterocycles. The Morgan fingerprint density at radius 3 is 2.34 bits per heavy atom. The van der Waals surface area contributed by atoms with Gasteiger partial charge in [0.1, 0.15) is 5.75 Å². The van der Waals surface area contributed by atoms with Crippen LogP contribution < -0.4 is 0 Å². The molecular weight excluding hydrogens is 392 g/mol. The molecule has 5 aromatic rings. The van der Waals surface area contributed by atoms with Crippen LogP contribution >= 0.6 is 0 Å². The second-order valence-electron chi connectivity index (χ2n) is 8.00. The highest BCUT2D eigenvalue weighted by Gasteiger charge is 2.20. The molecular formula is C29H20N2O. The summed E-state index contributed by atoms with van der Waals surface area (Å²) in [6.45, 7) is 0. The molecule has 0 fully saturated rings. The predicted molar refractivity (Wildman–Crippen MR) is 131 cm³/mol. The number of aromatic nitrogens is 1. The molecule has 0 unspecified atom stereocenters. The first-order valence-corrected chi connectivity index (χ1v) is 10.7. The summed E-state index contributed by atoms with van der Waals surface area (Å²) < 4.78 is 0. The molecule has 0 aliphatic carbocycles. The van der Waals surface area contributed by atoms with Gasteiger partial charge in [-0.3, -0.25) is 4.99 Å². The van der Waals surface area contributed by atoms with Crippen LogP contribution in [-0.2, 0) is 6.42 Å². The zero-order valence-electron chi connectivity index (χ0n) is 17.4. The molecule has 0 bridgehead atoms. The molecule has 2 heterocycles. The Hall–Kier alpha value is -4.24. The van der Waals surface area contributed by atoms with Crippen LogP contribution in [0.1, 0.15) is 11.1 Å². The third kappa shape index (κ3) is 3.07. The lowest BCUT2D eigenvalue weighted by Crippen LogP contribution is -1.99. The molecule has 0 atom stereocenters. The molecule has 1 aliphatic rings. The Morgan fingerprint density at radius 1 is 0.656 bits per heavy atom. The molecule has 0 saturated carbocycles. The molecule has 3 heteroatoms. The Labute approximate surface area is 186 Å². The van der Waals surface area contributed by atoms with Crippen molar-refractivity contribution in [2.75, 3.05) is 0 Å². The lowest BCUT2D eigenvalue weighted by molar-refractivity contribution is 0.478. The van der Waals surface area contributed by atoms with Crippen molar-refractivity contribution < 1.29 is 5.11 Å². The second-order valence-corrected chi connectivity index (χ2v) is 8.00. The first-order valence-electron chi connectivity index (χ1n) is 10.7. The minimum absolute atomic E-state index is 0.232. The van der Waals surface area contributed by atoms with E-state index in [-0.39, 0.29) is 5.75 Å². The van der Waals surface area contributed by atoms with Gasteiger partial charge in [0.25, 0.3) is 0 Å². The molecule has 1 N–H and O–H groups in total. The van der Waals surface area contributed by atoms with E-state index in [1.807, 2.05) is 66.7 Å². The molecule has 0 saturated heterocycles. The Bertz CT molecular complexity index is 1500. The summed E-state index contributed by atoms with van der Waals surface area (Å²) in [5.74, 6) is 0.232. The Balaban J connectivity index is 1.49. The molecule has 0 radical (unpaired) electrons. The van der Waals surface area contributed by atoms with E-state index in [2.05, 4.69) is 30.3 Å². The predicted octanol–water partition coefficient (Wildman–Crippen LogP) is 6.95. The molecule has 0 spiro atoms. The number of aliphatic imine (C=N–C) groups is 1. The summed E-state index contributed by atoms with van der Waals surface area (Å²) in [4.78, 5) is 9.97. The first kappa shape index (κ1) is 18.5. The largest absolute Gasteiger partial charge is 0.507 e. The third-order valence-electron chi connectivity index (χ3n) is 6.02. The van der Waals surface area contributed by atoms with Gasteiger partial charge in [0.2, 0.25) is 0 Å². The summed E-state index contributed by atoms with van der Waals surface area (Å²) >= 11 is 0. The minimum Gasteiger partial charge on any atom is -0.507 e. The summed E-state index contributed by atoms with van der Waals surface area (Å²) in [6, 6.07) is 34.3. The topological polar surface area (TPSA) is 45.5 Å². The van der Waals surface area contributed by atoms with E-state index in [1.54, 1.807) is 6.07 Å². The molecule has 0 amide bonds. The monoisotopic (exact) mass is 412 g/mol. The fraction of sp³-hybridized carbons (Fsp3) is 0.0345. The maximum Gasteiger partial charge on any atom is 0.125 e. The summed E-state index contributed by atoms with van der Waals surface area (Å²) in [5, 5.41) is 12.7. The van der Waals surface area contributed by atoms with Gasteiger partial charge in [-0.1, -0.05) is 84.9 Å². The summed E-state index contributed by atoms with van der Waals surface area (Å²) in [5.41, 5.74) is 7.79. The second kappa shape index (κ2) is 7.47. The maximum atomic E-state index is 10.7. The molecule has 152 valence electrons. The average molecular weight is 412 g/mol. The maximum absolute atomic E-state index is 10.7. The number of phenolic OH excluding ortho intramolecular Hbond substituents is 1. The van der Waals surface area contributed by atoms with Crippen molar-refractivity contribution in [1.29, 1.82) is 0 Å². The first-order chi connectivity index (χ1) is 15.8. The zero-order valence-corrected chi connectivity index (χ0v) is 17.4. The van der Waals surface area contributed by atoms with Crippen molar-refractivity contribution in [3.63, 3.8) is 0 Å². The molecule has 3 nitrogen and oxygen atoms in total. The molecule has 4 aromatic carbocycles. The standard InChI is InChI=1S/C29H20N2O/c32-27-17-16-19-8-4-5-12-22(19)28(27)25-15-7-14-24(30-25)23-13-6-11-21-18-26(31-29(21)23)20-9-2-1-3-10-20/h1-17,32H,18H2. The zero-order chi connectivity index (χ0) is 21.5. The van der Waals surface area contributed by atoms with Gasteiger partial charge in [-0.05, 0) is 40.1 Å². The van der Waals surface area contributed by atoms with Crippen molar-refractivity contribution >= 4 is 22.2 Å². The van der Waals surface area contributed by atoms with Crippen molar-refractivity contribution in [3.8, 4) is 28.3 Å². The van der Waals surface area contributed by atoms with Gasteiger partial charge >= 0.3 is 0 Å².